The lowest BCUT2D eigenvalue weighted by Gasteiger charge is -2.36. The Morgan fingerprint density at radius 1 is 1.07 bits per heavy atom. The van der Waals surface area contributed by atoms with Crippen LogP contribution < -0.4 is 4.90 Å². The number of aromatic nitrogens is 2. The molecule has 0 unspecified atom stereocenters. The summed E-state index contributed by atoms with van der Waals surface area (Å²) in [4.78, 5) is 21.3. The summed E-state index contributed by atoms with van der Waals surface area (Å²) in [7, 11) is 0. The summed E-state index contributed by atoms with van der Waals surface area (Å²) in [5, 5.41) is 4.69. The van der Waals surface area contributed by atoms with Crippen molar-refractivity contribution in [2.24, 2.45) is 0 Å². The van der Waals surface area contributed by atoms with Gasteiger partial charge in [-0.1, -0.05) is 35.0 Å². The fourth-order valence-corrected chi connectivity index (χ4v) is 3.86. The lowest BCUT2D eigenvalue weighted by Crippen LogP contribution is -2.49. The zero-order valence-electron chi connectivity index (χ0n) is 17.1. The number of nitrogens with zero attached hydrogens (tertiary/aromatic N) is 4. The fraction of sp³-hybridized carbons (Fsp3) is 0.348. The van der Waals surface area contributed by atoms with Crippen LogP contribution in [0.5, 0.6) is 0 Å². The topological polar surface area (TPSA) is 62.5 Å². The van der Waals surface area contributed by atoms with Gasteiger partial charge in [0.15, 0.2) is 0 Å². The van der Waals surface area contributed by atoms with Crippen molar-refractivity contribution in [1.82, 2.24) is 15.0 Å². The largest absolute Gasteiger partial charge is 0.368 e. The molecule has 3 aromatic rings. The maximum absolute atomic E-state index is 12.6. The van der Waals surface area contributed by atoms with Crippen molar-refractivity contribution in [1.29, 1.82) is 0 Å². The third-order valence-corrected chi connectivity index (χ3v) is 5.69. The Balaban J connectivity index is 1.23. The number of carbonyl (C=O) groups excluding carboxylic acids is 1. The van der Waals surface area contributed by atoms with E-state index < -0.39 is 0 Å². The molecule has 0 aliphatic carbocycles. The minimum absolute atomic E-state index is 0.192. The van der Waals surface area contributed by atoms with Crippen LogP contribution in [0.3, 0.4) is 0 Å². The van der Waals surface area contributed by atoms with Gasteiger partial charge in [0.05, 0.1) is 0 Å². The number of piperazine rings is 1. The molecule has 1 fully saturated rings. The third-order valence-electron chi connectivity index (χ3n) is 5.44. The van der Waals surface area contributed by atoms with Crippen LogP contribution in [0.4, 0.5) is 5.69 Å². The third kappa shape index (κ3) is 4.82. The predicted octanol–water partition coefficient (Wildman–Crippen LogP) is 4.37. The van der Waals surface area contributed by atoms with Gasteiger partial charge in [-0.15, -0.1) is 0 Å². The quantitative estimate of drug-likeness (QED) is 0.588. The van der Waals surface area contributed by atoms with Gasteiger partial charge in [-0.05, 0) is 49.2 Å². The van der Waals surface area contributed by atoms with E-state index in [0.717, 1.165) is 31.7 Å². The van der Waals surface area contributed by atoms with E-state index in [1.165, 1.54) is 11.3 Å². The zero-order chi connectivity index (χ0) is 20.9. The second-order valence-electron chi connectivity index (χ2n) is 7.53. The molecule has 1 aliphatic heterocycles. The first-order chi connectivity index (χ1) is 14.6. The fourth-order valence-electron chi connectivity index (χ4n) is 3.74. The van der Waals surface area contributed by atoms with Gasteiger partial charge >= 0.3 is 0 Å². The first-order valence-corrected chi connectivity index (χ1v) is 10.6. The summed E-state index contributed by atoms with van der Waals surface area (Å²) in [5.74, 6) is 1.29. The van der Waals surface area contributed by atoms with Crippen molar-refractivity contribution < 1.29 is 9.32 Å². The van der Waals surface area contributed by atoms with Gasteiger partial charge in [0, 0.05) is 55.3 Å². The highest BCUT2D eigenvalue weighted by atomic mass is 35.5. The molecular formula is C23H25ClN4O2. The number of amides is 1. The van der Waals surface area contributed by atoms with Crippen LogP contribution in [0, 0.1) is 6.92 Å². The van der Waals surface area contributed by atoms with Crippen molar-refractivity contribution in [3.63, 3.8) is 0 Å². The van der Waals surface area contributed by atoms with E-state index in [4.69, 9.17) is 16.1 Å². The summed E-state index contributed by atoms with van der Waals surface area (Å²) >= 11 is 5.91. The van der Waals surface area contributed by atoms with Crippen LogP contribution in [0.15, 0.2) is 53.1 Å². The standard InChI is InChI=1S/C23H25ClN4O2/c1-17-5-2-3-6-20(17)27-13-15-28(16-14-27)22(29)8-4-7-21-25-23(26-30-21)18-9-11-19(24)12-10-18/h2-3,5-6,9-12H,4,7-8,13-16H2,1H3. The van der Waals surface area contributed by atoms with Crippen LogP contribution in [-0.2, 0) is 11.2 Å². The number of halogens is 1. The Kier molecular flexibility index (Phi) is 6.33. The lowest BCUT2D eigenvalue weighted by atomic mass is 10.1. The van der Waals surface area contributed by atoms with Crippen molar-refractivity contribution >= 4 is 23.2 Å². The van der Waals surface area contributed by atoms with Crippen LogP contribution in [0.2, 0.25) is 5.02 Å². The Labute approximate surface area is 181 Å². The summed E-state index contributed by atoms with van der Waals surface area (Å²) in [5.41, 5.74) is 3.39. The normalized spacial score (nSPS) is 14.2. The monoisotopic (exact) mass is 424 g/mol. The number of hydrogen-bond acceptors (Lipinski definition) is 5. The van der Waals surface area contributed by atoms with E-state index in [2.05, 4.69) is 46.2 Å². The van der Waals surface area contributed by atoms with Gasteiger partial charge in [0.25, 0.3) is 0 Å². The molecule has 0 N–H and O–H groups in total. The van der Waals surface area contributed by atoms with E-state index in [0.29, 0.717) is 36.0 Å². The highest BCUT2D eigenvalue weighted by molar-refractivity contribution is 6.30. The molecule has 7 heteroatoms. The molecule has 6 nitrogen and oxygen atoms in total. The smallest absolute Gasteiger partial charge is 0.226 e. The Morgan fingerprint density at radius 2 is 1.80 bits per heavy atom. The molecule has 0 radical (unpaired) electrons. The molecule has 2 aromatic carbocycles. The SMILES string of the molecule is Cc1ccccc1N1CCN(C(=O)CCCc2nc(-c3ccc(Cl)cc3)no2)CC1. The number of anilines is 1. The molecule has 0 bridgehead atoms. The number of para-hydroxylation sites is 1. The molecule has 1 amide bonds. The molecule has 0 saturated carbocycles. The van der Waals surface area contributed by atoms with Crippen molar-refractivity contribution in [3.05, 3.63) is 65.0 Å². The number of carbonyl (C=O) groups is 1. The summed E-state index contributed by atoms with van der Waals surface area (Å²) < 4.78 is 5.33. The minimum atomic E-state index is 0.192. The Hall–Kier alpha value is -2.86. The van der Waals surface area contributed by atoms with Crippen molar-refractivity contribution in [2.75, 3.05) is 31.1 Å². The maximum Gasteiger partial charge on any atom is 0.226 e. The molecule has 4 rings (SSSR count). The molecule has 0 spiro atoms. The predicted molar refractivity (Wildman–Crippen MR) is 118 cm³/mol. The maximum atomic E-state index is 12.6. The zero-order valence-corrected chi connectivity index (χ0v) is 17.8. The van der Waals surface area contributed by atoms with E-state index in [1.807, 2.05) is 17.0 Å². The average molecular weight is 425 g/mol. The Morgan fingerprint density at radius 3 is 2.53 bits per heavy atom. The molecule has 0 atom stereocenters. The average Bonchev–Trinajstić information content (AvgIpc) is 3.23. The number of hydrogen-bond donors (Lipinski definition) is 0. The molecule has 1 saturated heterocycles. The molecule has 1 aromatic heterocycles. The summed E-state index contributed by atoms with van der Waals surface area (Å²) in [6, 6.07) is 15.7. The highest BCUT2D eigenvalue weighted by Gasteiger charge is 2.22. The van der Waals surface area contributed by atoms with E-state index in [1.54, 1.807) is 12.1 Å². The van der Waals surface area contributed by atoms with Gasteiger partial charge in [-0.2, -0.15) is 4.98 Å². The molecule has 30 heavy (non-hydrogen) atoms. The van der Waals surface area contributed by atoms with Crippen LogP contribution in [0.1, 0.15) is 24.3 Å². The van der Waals surface area contributed by atoms with Gasteiger partial charge in [0.2, 0.25) is 17.6 Å². The first-order valence-electron chi connectivity index (χ1n) is 10.3. The van der Waals surface area contributed by atoms with Crippen LogP contribution in [-0.4, -0.2) is 47.1 Å². The van der Waals surface area contributed by atoms with E-state index >= 15 is 0 Å². The van der Waals surface area contributed by atoms with Crippen LogP contribution >= 0.6 is 11.6 Å². The highest BCUT2D eigenvalue weighted by Crippen LogP contribution is 2.22. The summed E-state index contributed by atoms with van der Waals surface area (Å²) in [6.07, 6.45) is 1.78. The van der Waals surface area contributed by atoms with Gasteiger partial charge in [-0.3, -0.25) is 4.79 Å². The van der Waals surface area contributed by atoms with Gasteiger partial charge in [0.1, 0.15) is 0 Å². The summed E-state index contributed by atoms with van der Waals surface area (Å²) in [6.45, 7) is 5.38. The lowest BCUT2D eigenvalue weighted by molar-refractivity contribution is -0.131. The van der Waals surface area contributed by atoms with Gasteiger partial charge < -0.3 is 14.3 Å². The van der Waals surface area contributed by atoms with Crippen LogP contribution in [0.25, 0.3) is 11.4 Å². The Bertz CT molecular complexity index is 994. The second kappa shape index (κ2) is 9.30. The van der Waals surface area contributed by atoms with E-state index in [-0.39, 0.29) is 5.91 Å². The molecule has 1 aliphatic rings. The molecule has 156 valence electrons. The number of rotatable bonds is 6. The van der Waals surface area contributed by atoms with Gasteiger partial charge in [-0.25, -0.2) is 0 Å². The number of aryl methyl sites for hydroxylation is 2. The molecular weight excluding hydrogens is 400 g/mol. The second-order valence-corrected chi connectivity index (χ2v) is 7.96. The van der Waals surface area contributed by atoms with Crippen molar-refractivity contribution in [3.8, 4) is 11.4 Å². The first kappa shape index (κ1) is 20.4. The minimum Gasteiger partial charge on any atom is -0.368 e. The van der Waals surface area contributed by atoms with Crippen molar-refractivity contribution in [2.45, 2.75) is 26.2 Å². The number of benzene rings is 2. The van der Waals surface area contributed by atoms with E-state index in [9.17, 15) is 4.79 Å². The molecule has 2 heterocycles.